The number of piperidine rings is 2. The van der Waals surface area contributed by atoms with Gasteiger partial charge in [-0.1, -0.05) is 0 Å². The van der Waals surface area contributed by atoms with Gasteiger partial charge in [0.05, 0.1) is 19.1 Å². The third-order valence-electron chi connectivity index (χ3n) is 9.98. The summed E-state index contributed by atoms with van der Waals surface area (Å²) >= 11 is 0. The zero-order valence-corrected chi connectivity index (χ0v) is 32.2. The van der Waals surface area contributed by atoms with Gasteiger partial charge in [0.25, 0.3) is 11.1 Å². The summed E-state index contributed by atoms with van der Waals surface area (Å²) in [6, 6.07) is 2.52. The highest BCUT2D eigenvalue weighted by Crippen LogP contribution is 2.25. The lowest BCUT2D eigenvalue weighted by Crippen LogP contribution is -2.50. The molecule has 0 bridgehead atoms. The van der Waals surface area contributed by atoms with Crippen LogP contribution in [0.1, 0.15) is 45.2 Å². The first-order chi connectivity index (χ1) is 25.9. The number of nitrogens with zero attached hydrogens (tertiary/aromatic N) is 8. The number of pyridine rings is 2. The van der Waals surface area contributed by atoms with Crippen LogP contribution in [0.4, 0.5) is 11.9 Å². The van der Waals surface area contributed by atoms with Crippen LogP contribution >= 0.6 is 0 Å². The van der Waals surface area contributed by atoms with Crippen molar-refractivity contribution in [1.82, 2.24) is 37.7 Å². The molecular formula is C33H42N10O10S2. The Bertz CT molecular complexity index is 2470. The maximum atomic E-state index is 13.6. The highest BCUT2D eigenvalue weighted by Gasteiger charge is 2.35. The maximum Gasteiger partial charge on any atom is 0.329 e. The van der Waals surface area contributed by atoms with Gasteiger partial charge in [0.2, 0.25) is 31.9 Å². The summed E-state index contributed by atoms with van der Waals surface area (Å²) in [5.41, 5.74) is -0.825. The first-order valence-corrected chi connectivity index (χ1v) is 21.2. The number of aliphatic carboxylic acids is 1. The van der Waals surface area contributed by atoms with E-state index in [1.165, 1.54) is 69.9 Å². The molecule has 2 aliphatic heterocycles. The lowest BCUT2D eigenvalue weighted by atomic mass is 9.94. The molecular weight excluding hydrogens is 761 g/mol. The van der Waals surface area contributed by atoms with Crippen molar-refractivity contribution in [3.8, 4) is 0 Å². The summed E-state index contributed by atoms with van der Waals surface area (Å²) in [4.78, 5) is 68.9. The number of carbonyl (C=O) groups is 2. The molecule has 55 heavy (non-hydrogen) atoms. The molecule has 0 radical (unpaired) electrons. The quantitative estimate of drug-likeness (QED) is 0.162. The van der Waals surface area contributed by atoms with Gasteiger partial charge in [-0.25, -0.2) is 45.0 Å². The maximum absolute atomic E-state index is 13.6. The van der Waals surface area contributed by atoms with Crippen molar-refractivity contribution in [3.05, 3.63) is 57.4 Å². The third-order valence-corrected chi connectivity index (χ3v) is 12.6. The molecule has 2 aliphatic rings. The number of nitrogens with one attached hydrogen (secondary N) is 2. The number of ether oxygens (including phenoxy) is 1. The molecule has 0 amide bonds. The number of hydrogen-bond donors (Lipinski definition) is 3. The van der Waals surface area contributed by atoms with E-state index < -0.39 is 67.1 Å². The van der Waals surface area contributed by atoms with Crippen LogP contribution in [0.2, 0.25) is 0 Å². The van der Waals surface area contributed by atoms with Crippen LogP contribution in [0.15, 0.2) is 46.2 Å². The molecule has 20 nitrogen and oxygen atoms in total. The van der Waals surface area contributed by atoms with Gasteiger partial charge >= 0.3 is 11.9 Å². The minimum Gasteiger partial charge on any atom is -0.480 e. The molecule has 4 aromatic rings. The summed E-state index contributed by atoms with van der Waals surface area (Å²) in [6.45, 7) is 3.38. The van der Waals surface area contributed by atoms with E-state index in [4.69, 9.17) is 4.74 Å². The molecule has 6 heterocycles. The smallest absolute Gasteiger partial charge is 0.329 e. The predicted molar refractivity (Wildman–Crippen MR) is 201 cm³/mol. The fourth-order valence-electron chi connectivity index (χ4n) is 6.83. The molecule has 0 spiro atoms. The van der Waals surface area contributed by atoms with Gasteiger partial charge in [-0.15, -0.1) is 0 Å². The number of anilines is 2. The monoisotopic (exact) mass is 802 g/mol. The highest BCUT2D eigenvalue weighted by atomic mass is 32.2. The van der Waals surface area contributed by atoms with Gasteiger partial charge < -0.3 is 20.5 Å². The number of carboxylic acid groups (broad SMARTS) is 1. The molecule has 6 rings (SSSR count). The molecule has 0 aromatic carbocycles. The second kappa shape index (κ2) is 15.6. The second-order valence-corrected chi connectivity index (χ2v) is 17.8. The third kappa shape index (κ3) is 8.76. The van der Waals surface area contributed by atoms with Gasteiger partial charge in [0, 0.05) is 79.5 Å². The topological polar surface area (TPSA) is 258 Å². The van der Waals surface area contributed by atoms with Gasteiger partial charge in [-0.05, 0) is 45.2 Å². The van der Waals surface area contributed by atoms with Crippen LogP contribution in [0.25, 0.3) is 22.1 Å². The number of sulfonamides is 2. The predicted octanol–water partition coefficient (Wildman–Crippen LogP) is 0.244. The Hall–Kier alpha value is -5.06. The largest absolute Gasteiger partial charge is 0.480 e. The van der Waals surface area contributed by atoms with E-state index in [1.807, 2.05) is 0 Å². The SMILES string of the molecule is CC(C(=O)O)n1c(=O)ccc2cnc(NC3CCN(S(C)(=O)=O)C[C@H]3COC(=O)C(C)n3c(=O)ccc4cnc(NC5CCN(S(C)(=O)=O)CC5)nc43)nc21. The molecule has 296 valence electrons. The van der Waals surface area contributed by atoms with Gasteiger partial charge in [-0.3, -0.25) is 18.7 Å². The van der Waals surface area contributed by atoms with E-state index in [0.717, 1.165) is 10.8 Å². The normalized spacial score (nSPS) is 20.2. The Morgan fingerprint density at radius 2 is 1.31 bits per heavy atom. The number of fused-ring (bicyclic) bond motifs is 2. The molecule has 2 fully saturated rings. The lowest BCUT2D eigenvalue weighted by Gasteiger charge is -2.37. The summed E-state index contributed by atoms with van der Waals surface area (Å²) in [5.74, 6) is -2.37. The molecule has 4 aromatic heterocycles. The number of carboxylic acids is 1. The van der Waals surface area contributed by atoms with E-state index in [9.17, 15) is 41.1 Å². The summed E-state index contributed by atoms with van der Waals surface area (Å²) in [6.07, 6.45) is 6.50. The van der Waals surface area contributed by atoms with E-state index in [1.54, 1.807) is 0 Å². The van der Waals surface area contributed by atoms with E-state index >= 15 is 0 Å². The summed E-state index contributed by atoms with van der Waals surface area (Å²) in [5, 5.41) is 16.9. The first kappa shape index (κ1) is 39.6. The van der Waals surface area contributed by atoms with Crippen LogP contribution in [0.3, 0.4) is 0 Å². The Labute approximate surface area is 315 Å². The Kier molecular flexibility index (Phi) is 11.2. The molecule has 3 N–H and O–H groups in total. The molecule has 2 saturated heterocycles. The number of rotatable bonds is 12. The molecule has 22 heteroatoms. The van der Waals surface area contributed by atoms with Gasteiger partial charge in [0.1, 0.15) is 23.4 Å². The zero-order chi connectivity index (χ0) is 39.8. The molecule has 4 atom stereocenters. The Morgan fingerprint density at radius 1 is 0.800 bits per heavy atom. The minimum atomic E-state index is -3.62. The fourth-order valence-corrected chi connectivity index (χ4v) is 8.60. The Balaban J connectivity index is 1.21. The average Bonchev–Trinajstić information content (AvgIpc) is 3.13. The van der Waals surface area contributed by atoms with Crippen LogP contribution in [0, 0.1) is 5.92 Å². The standard InChI is InChI=1S/C33H42N10O10S2/c1-19(30(46)47)42-26(44)7-5-21-16-35-33(39-28(21)42)37-25-11-14-41(55(4,51)52)17-23(25)18-53-31(48)20(2)43-27(45)8-6-22-15-34-32(38-29(22)43)36-24-9-12-40(13-10-24)54(3,49)50/h5-8,15-16,19-20,23-25H,9-14,17-18H2,1-4H3,(H,46,47)(H,34,36,38)(H,35,37,39)/t19?,20?,23-,25?/m0/s1. The number of esters is 1. The summed E-state index contributed by atoms with van der Waals surface area (Å²) < 4.78 is 59.6. The van der Waals surface area contributed by atoms with Crippen molar-refractivity contribution < 1.29 is 36.3 Å². The minimum absolute atomic E-state index is 0.0217. The average molecular weight is 803 g/mol. The fraction of sp³-hybridized carbons (Fsp3) is 0.515. The van der Waals surface area contributed by atoms with Gasteiger partial charge in [-0.2, -0.15) is 9.97 Å². The zero-order valence-electron chi connectivity index (χ0n) is 30.5. The molecule has 0 saturated carbocycles. The van der Waals surface area contributed by atoms with E-state index in [2.05, 4.69) is 30.6 Å². The van der Waals surface area contributed by atoms with Crippen LogP contribution < -0.4 is 21.8 Å². The van der Waals surface area contributed by atoms with Crippen LogP contribution in [-0.4, -0.2) is 129 Å². The Morgan fingerprint density at radius 3 is 1.84 bits per heavy atom. The van der Waals surface area contributed by atoms with Crippen LogP contribution in [-0.2, 0) is 34.4 Å². The van der Waals surface area contributed by atoms with Crippen molar-refractivity contribution in [2.24, 2.45) is 5.92 Å². The highest BCUT2D eigenvalue weighted by molar-refractivity contribution is 7.88. The van der Waals surface area contributed by atoms with Crippen molar-refractivity contribution in [3.63, 3.8) is 0 Å². The molecule has 0 aliphatic carbocycles. The number of hydrogen-bond acceptors (Lipinski definition) is 15. The van der Waals surface area contributed by atoms with Crippen LogP contribution in [0.5, 0.6) is 0 Å². The van der Waals surface area contributed by atoms with Crippen molar-refractivity contribution in [1.29, 1.82) is 0 Å². The van der Waals surface area contributed by atoms with E-state index in [-0.39, 0.29) is 55.4 Å². The van der Waals surface area contributed by atoms with E-state index in [0.29, 0.717) is 36.7 Å². The first-order valence-electron chi connectivity index (χ1n) is 17.5. The summed E-state index contributed by atoms with van der Waals surface area (Å²) in [7, 11) is -6.92. The van der Waals surface area contributed by atoms with Crippen molar-refractivity contribution in [2.45, 2.75) is 57.3 Å². The second-order valence-electron chi connectivity index (χ2n) is 13.8. The van der Waals surface area contributed by atoms with Crippen molar-refractivity contribution in [2.75, 3.05) is 55.9 Å². The number of aromatic nitrogens is 6. The van der Waals surface area contributed by atoms with Gasteiger partial charge in [0.15, 0.2) is 0 Å². The molecule has 3 unspecified atom stereocenters. The lowest BCUT2D eigenvalue weighted by molar-refractivity contribution is -0.149. The number of carbonyl (C=O) groups excluding carboxylic acids is 1. The van der Waals surface area contributed by atoms with Crippen molar-refractivity contribution >= 4 is 65.9 Å².